The van der Waals surface area contributed by atoms with Crippen LogP contribution >= 0.6 is 0 Å². The molecule has 1 aromatic rings. The Kier molecular flexibility index (Phi) is 5.56. The smallest absolute Gasteiger partial charge is 0.303 e. The standard InChI is InChI=1S/C15H20O3/c1-3-11(2)12-7-9-13(10-8-12)14(16)5-4-6-15(17)18/h7-11H,3-6H2,1-2H3,(H,17,18). The number of Topliss-reactive ketones (excluding diaryl/α,β-unsaturated/α-hetero) is 1. The molecule has 0 saturated heterocycles. The monoisotopic (exact) mass is 248 g/mol. The summed E-state index contributed by atoms with van der Waals surface area (Å²) in [6.45, 7) is 4.29. The average molecular weight is 248 g/mol. The predicted octanol–water partition coefficient (Wildman–Crippen LogP) is 3.64. The second kappa shape index (κ2) is 6.94. The molecule has 0 aliphatic carbocycles. The lowest BCUT2D eigenvalue weighted by Gasteiger charge is -2.09. The van der Waals surface area contributed by atoms with E-state index in [0.717, 1.165) is 6.42 Å². The van der Waals surface area contributed by atoms with E-state index >= 15 is 0 Å². The van der Waals surface area contributed by atoms with Crippen molar-refractivity contribution in [3.05, 3.63) is 35.4 Å². The van der Waals surface area contributed by atoms with Gasteiger partial charge in [0.15, 0.2) is 5.78 Å². The Morgan fingerprint density at radius 2 is 1.78 bits per heavy atom. The summed E-state index contributed by atoms with van der Waals surface area (Å²) in [7, 11) is 0. The number of rotatable bonds is 7. The Morgan fingerprint density at radius 1 is 1.17 bits per heavy atom. The molecule has 0 amide bonds. The number of carboxylic acid groups (broad SMARTS) is 1. The van der Waals surface area contributed by atoms with E-state index < -0.39 is 5.97 Å². The van der Waals surface area contributed by atoms with Crippen LogP contribution in [0.25, 0.3) is 0 Å². The number of carbonyl (C=O) groups excluding carboxylic acids is 1. The van der Waals surface area contributed by atoms with Gasteiger partial charge in [-0.3, -0.25) is 9.59 Å². The molecule has 1 rings (SSSR count). The van der Waals surface area contributed by atoms with Gasteiger partial charge in [-0.15, -0.1) is 0 Å². The molecule has 0 saturated carbocycles. The highest BCUT2D eigenvalue weighted by atomic mass is 16.4. The number of ketones is 1. The molecule has 0 aromatic heterocycles. The molecule has 1 aromatic carbocycles. The zero-order valence-electron chi connectivity index (χ0n) is 11.0. The van der Waals surface area contributed by atoms with Crippen molar-refractivity contribution in [3.63, 3.8) is 0 Å². The summed E-state index contributed by atoms with van der Waals surface area (Å²) in [5.41, 5.74) is 1.91. The van der Waals surface area contributed by atoms with Gasteiger partial charge in [-0.25, -0.2) is 0 Å². The first-order chi connectivity index (χ1) is 8.54. The largest absolute Gasteiger partial charge is 0.481 e. The zero-order chi connectivity index (χ0) is 13.5. The van der Waals surface area contributed by atoms with Gasteiger partial charge in [-0.05, 0) is 24.3 Å². The maximum absolute atomic E-state index is 11.8. The molecule has 3 nitrogen and oxygen atoms in total. The molecule has 0 fully saturated rings. The molecule has 0 heterocycles. The molecule has 0 radical (unpaired) electrons. The van der Waals surface area contributed by atoms with Crippen LogP contribution in [0.5, 0.6) is 0 Å². The van der Waals surface area contributed by atoms with E-state index in [0.29, 0.717) is 24.3 Å². The third-order valence-electron chi connectivity index (χ3n) is 3.21. The first kappa shape index (κ1) is 14.4. The maximum Gasteiger partial charge on any atom is 0.303 e. The van der Waals surface area contributed by atoms with Gasteiger partial charge in [0, 0.05) is 18.4 Å². The van der Waals surface area contributed by atoms with E-state index in [1.54, 1.807) is 0 Å². The Balaban J connectivity index is 2.56. The summed E-state index contributed by atoms with van der Waals surface area (Å²) in [5, 5.41) is 8.51. The average Bonchev–Trinajstić information content (AvgIpc) is 2.37. The van der Waals surface area contributed by atoms with Gasteiger partial charge in [0.1, 0.15) is 0 Å². The van der Waals surface area contributed by atoms with Gasteiger partial charge in [-0.1, -0.05) is 38.1 Å². The van der Waals surface area contributed by atoms with Gasteiger partial charge in [0.25, 0.3) is 0 Å². The second-order valence-corrected chi connectivity index (χ2v) is 4.60. The number of hydrogen-bond donors (Lipinski definition) is 1. The molecule has 3 heteroatoms. The molecular weight excluding hydrogens is 228 g/mol. The van der Waals surface area contributed by atoms with E-state index in [-0.39, 0.29) is 12.2 Å². The number of aliphatic carboxylic acids is 1. The van der Waals surface area contributed by atoms with Crippen molar-refractivity contribution in [3.8, 4) is 0 Å². The Hall–Kier alpha value is -1.64. The van der Waals surface area contributed by atoms with Crippen LogP contribution in [0.1, 0.15) is 61.4 Å². The lowest BCUT2D eigenvalue weighted by atomic mass is 9.96. The quantitative estimate of drug-likeness (QED) is 0.749. The minimum atomic E-state index is -0.852. The van der Waals surface area contributed by atoms with Crippen molar-refractivity contribution in [1.82, 2.24) is 0 Å². The molecule has 0 aliphatic heterocycles. The molecule has 98 valence electrons. The Labute approximate surface area is 108 Å². The van der Waals surface area contributed by atoms with Crippen LogP contribution < -0.4 is 0 Å². The SMILES string of the molecule is CCC(C)c1ccc(C(=O)CCCC(=O)O)cc1. The van der Waals surface area contributed by atoms with Gasteiger partial charge in [0.2, 0.25) is 0 Å². The summed E-state index contributed by atoms with van der Waals surface area (Å²) in [5.74, 6) is -0.331. The van der Waals surface area contributed by atoms with Crippen LogP contribution in [0.4, 0.5) is 0 Å². The summed E-state index contributed by atoms with van der Waals surface area (Å²) >= 11 is 0. The van der Waals surface area contributed by atoms with E-state index in [9.17, 15) is 9.59 Å². The second-order valence-electron chi connectivity index (χ2n) is 4.60. The Bertz CT molecular complexity index is 406. The summed E-state index contributed by atoms with van der Waals surface area (Å²) in [6.07, 6.45) is 1.83. The predicted molar refractivity (Wildman–Crippen MR) is 71.0 cm³/mol. The van der Waals surface area contributed by atoms with Crippen LogP contribution in [-0.4, -0.2) is 16.9 Å². The lowest BCUT2D eigenvalue weighted by Crippen LogP contribution is -2.02. The van der Waals surface area contributed by atoms with Crippen LogP contribution in [0.2, 0.25) is 0 Å². The highest BCUT2D eigenvalue weighted by Gasteiger charge is 2.08. The Morgan fingerprint density at radius 3 is 2.28 bits per heavy atom. The lowest BCUT2D eigenvalue weighted by molar-refractivity contribution is -0.137. The topological polar surface area (TPSA) is 54.4 Å². The molecule has 1 atom stereocenters. The first-order valence-corrected chi connectivity index (χ1v) is 6.39. The number of carbonyl (C=O) groups is 2. The molecule has 0 aliphatic rings. The van der Waals surface area contributed by atoms with E-state index in [2.05, 4.69) is 13.8 Å². The fraction of sp³-hybridized carbons (Fsp3) is 0.467. The molecule has 0 bridgehead atoms. The van der Waals surface area contributed by atoms with Gasteiger partial charge < -0.3 is 5.11 Å². The van der Waals surface area contributed by atoms with E-state index in [1.807, 2.05) is 24.3 Å². The van der Waals surface area contributed by atoms with E-state index in [1.165, 1.54) is 5.56 Å². The summed E-state index contributed by atoms with van der Waals surface area (Å²) in [4.78, 5) is 22.1. The van der Waals surface area contributed by atoms with Crippen molar-refractivity contribution < 1.29 is 14.7 Å². The van der Waals surface area contributed by atoms with E-state index in [4.69, 9.17) is 5.11 Å². The van der Waals surface area contributed by atoms with Crippen molar-refractivity contribution >= 4 is 11.8 Å². The third-order valence-corrected chi connectivity index (χ3v) is 3.21. The number of hydrogen-bond acceptors (Lipinski definition) is 2. The van der Waals surface area contributed by atoms with Crippen LogP contribution in [0, 0.1) is 0 Å². The van der Waals surface area contributed by atoms with Gasteiger partial charge in [0.05, 0.1) is 0 Å². The molecule has 1 N–H and O–H groups in total. The fourth-order valence-corrected chi connectivity index (χ4v) is 1.78. The van der Waals surface area contributed by atoms with Crippen molar-refractivity contribution in [2.75, 3.05) is 0 Å². The summed E-state index contributed by atoms with van der Waals surface area (Å²) < 4.78 is 0. The third kappa shape index (κ3) is 4.32. The molecule has 1 unspecified atom stereocenters. The van der Waals surface area contributed by atoms with Gasteiger partial charge in [-0.2, -0.15) is 0 Å². The minimum Gasteiger partial charge on any atom is -0.481 e. The summed E-state index contributed by atoms with van der Waals surface area (Å²) in [6, 6.07) is 7.65. The number of carboxylic acids is 1. The maximum atomic E-state index is 11.8. The molecule has 0 spiro atoms. The minimum absolute atomic E-state index is 0.0203. The van der Waals surface area contributed by atoms with Crippen LogP contribution in [-0.2, 0) is 4.79 Å². The van der Waals surface area contributed by atoms with Crippen molar-refractivity contribution in [2.45, 2.75) is 45.4 Å². The highest BCUT2D eigenvalue weighted by molar-refractivity contribution is 5.96. The normalized spacial score (nSPS) is 12.1. The van der Waals surface area contributed by atoms with Crippen molar-refractivity contribution in [2.24, 2.45) is 0 Å². The fourth-order valence-electron chi connectivity index (χ4n) is 1.78. The number of benzene rings is 1. The molecular formula is C15H20O3. The molecule has 18 heavy (non-hydrogen) atoms. The van der Waals surface area contributed by atoms with Crippen LogP contribution in [0.15, 0.2) is 24.3 Å². The highest BCUT2D eigenvalue weighted by Crippen LogP contribution is 2.19. The van der Waals surface area contributed by atoms with Gasteiger partial charge >= 0.3 is 5.97 Å². The van der Waals surface area contributed by atoms with Crippen molar-refractivity contribution in [1.29, 1.82) is 0 Å². The first-order valence-electron chi connectivity index (χ1n) is 6.39. The zero-order valence-corrected chi connectivity index (χ0v) is 11.0. The van der Waals surface area contributed by atoms with Crippen LogP contribution in [0.3, 0.4) is 0 Å².